The minimum atomic E-state index is -4.52. The molecule has 1 N–H and O–H groups in total. The minimum absolute atomic E-state index is 0.221. The van der Waals surface area contributed by atoms with Crippen molar-refractivity contribution in [2.45, 2.75) is 36.3 Å². The lowest BCUT2D eigenvalue weighted by Crippen LogP contribution is -2.45. The molecule has 1 aromatic heterocycles. The second kappa shape index (κ2) is 10.1. The van der Waals surface area contributed by atoms with Gasteiger partial charge in [0.25, 0.3) is 0 Å². The van der Waals surface area contributed by atoms with E-state index in [1.807, 2.05) is 0 Å². The zero-order valence-electron chi connectivity index (χ0n) is 18.7. The Labute approximate surface area is 207 Å². The molecule has 1 fully saturated rings. The van der Waals surface area contributed by atoms with Gasteiger partial charge in [0.2, 0.25) is 15.9 Å². The molecule has 1 saturated heterocycles. The highest BCUT2D eigenvalue weighted by Crippen LogP contribution is 2.31. The Morgan fingerprint density at radius 1 is 1.03 bits per heavy atom. The monoisotopic (exact) mass is 544 g/mol. The highest BCUT2D eigenvalue weighted by atomic mass is 32.2. The van der Waals surface area contributed by atoms with Gasteiger partial charge in [-0.1, -0.05) is 12.1 Å². The summed E-state index contributed by atoms with van der Waals surface area (Å²) in [6, 6.07) is 6.11. The average Bonchev–Trinajstić information content (AvgIpc) is 3.26. The number of amides is 1. The summed E-state index contributed by atoms with van der Waals surface area (Å²) >= 11 is 0. The van der Waals surface area contributed by atoms with Crippen molar-refractivity contribution in [2.75, 3.05) is 6.54 Å². The number of carbonyl (C=O) groups is 1. The second-order valence-corrected chi connectivity index (χ2v) is 10.1. The fourth-order valence-electron chi connectivity index (χ4n) is 3.81. The molecule has 0 radical (unpaired) electrons. The van der Waals surface area contributed by atoms with Crippen LogP contribution in [0.3, 0.4) is 0 Å². The molecule has 1 aliphatic heterocycles. The molecule has 1 amide bonds. The number of rotatable bonds is 6. The number of carbonyl (C=O) groups excluding carboxylic acids is 1. The van der Waals surface area contributed by atoms with E-state index in [1.54, 1.807) is 0 Å². The maximum absolute atomic E-state index is 14.2. The van der Waals surface area contributed by atoms with Crippen LogP contribution in [0.25, 0.3) is 11.3 Å². The Balaban J connectivity index is 1.48. The van der Waals surface area contributed by atoms with Gasteiger partial charge in [-0.3, -0.25) is 4.79 Å². The van der Waals surface area contributed by atoms with Crippen LogP contribution >= 0.6 is 0 Å². The number of hydrogen-bond donors (Lipinski definition) is 1. The molecular formula is C23H18F6N4O3S. The number of alkyl halides is 4. The number of nitrogens with zero attached hydrogens (tertiary/aromatic N) is 3. The average molecular weight is 544 g/mol. The SMILES string of the molecule is O=C(NCc1cc(-c2ccc(C(F)(F)F)cc2)ncn1)[C@@H]1C[C@@H](F)CN1S(=O)(=O)c1ccc(F)c(F)c1. The Kier molecular flexibility index (Phi) is 7.24. The van der Waals surface area contributed by atoms with Gasteiger partial charge in [-0.15, -0.1) is 0 Å². The van der Waals surface area contributed by atoms with Crippen molar-refractivity contribution < 1.29 is 39.6 Å². The molecule has 0 unspecified atom stereocenters. The topological polar surface area (TPSA) is 92.3 Å². The maximum Gasteiger partial charge on any atom is 0.416 e. The van der Waals surface area contributed by atoms with Crippen LogP contribution in [0.15, 0.2) is 59.8 Å². The van der Waals surface area contributed by atoms with Gasteiger partial charge in [-0.25, -0.2) is 31.6 Å². The fraction of sp³-hybridized carbons (Fsp3) is 0.261. The van der Waals surface area contributed by atoms with Gasteiger partial charge in [0, 0.05) is 18.5 Å². The minimum Gasteiger partial charge on any atom is -0.349 e. The van der Waals surface area contributed by atoms with Crippen LogP contribution in [0, 0.1) is 11.6 Å². The predicted octanol–water partition coefficient (Wildman–Crippen LogP) is 3.86. The molecule has 1 aliphatic rings. The van der Waals surface area contributed by atoms with Crippen LogP contribution in [-0.2, 0) is 27.5 Å². The van der Waals surface area contributed by atoms with Crippen molar-refractivity contribution >= 4 is 15.9 Å². The van der Waals surface area contributed by atoms with E-state index >= 15 is 0 Å². The standard InChI is InChI=1S/C23H18F6N4O3S/c24-15-7-21(33(11-15)37(35,36)17-5-6-18(25)19(26)9-17)22(34)30-10-16-8-20(32-12-31-16)13-1-3-14(4-2-13)23(27,28)29/h1-6,8-9,12,15,21H,7,10-11H2,(H,30,34)/t15-,21+/m1/s1. The number of hydrogen-bond acceptors (Lipinski definition) is 5. The molecule has 2 aromatic carbocycles. The summed E-state index contributed by atoms with van der Waals surface area (Å²) in [7, 11) is -4.52. The first-order chi connectivity index (χ1) is 17.4. The first kappa shape index (κ1) is 26.5. The molecule has 7 nitrogen and oxygen atoms in total. The van der Waals surface area contributed by atoms with E-state index in [1.165, 1.54) is 18.2 Å². The Bertz CT molecular complexity index is 1420. The molecular weight excluding hydrogens is 526 g/mol. The molecule has 2 atom stereocenters. The van der Waals surface area contributed by atoms with Crippen molar-refractivity contribution in [3.63, 3.8) is 0 Å². The van der Waals surface area contributed by atoms with E-state index in [4.69, 9.17) is 0 Å². The summed E-state index contributed by atoms with van der Waals surface area (Å²) in [5, 5.41) is 2.46. The summed E-state index contributed by atoms with van der Waals surface area (Å²) in [4.78, 5) is 20.2. The normalized spacial score (nSPS) is 18.6. The first-order valence-corrected chi connectivity index (χ1v) is 12.2. The van der Waals surface area contributed by atoms with Crippen molar-refractivity contribution in [3.8, 4) is 11.3 Å². The van der Waals surface area contributed by atoms with Crippen molar-refractivity contribution in [2.24, 2.45) is 0 Å². The van der Waals surface area contributed by atoms with Crippen molar-refractivity contribution in [3.05, 3.63) is 77.8 Å². The second-order valence-electron chi connectivity index (χ2n) is 8.19. The molecule has 196 valence electrons. The quantitative estimate of drug-likeness (QED) is 0.476. The summed E-state index contributed by atoms with van der Waals surface area (Å²) in [6.07, 6.45) is -5.47. The van der Waals surface area contributed by atoms with Crippen LogP contribution in [-0.4, -0.2) is 47.4 Å². The molecule has 14 heteroatoms. The largest absolute Gasteiger partial charge is 0.416 e. The van der Waals surface area contributed by atoms with Gasteiger partial charge >= 0.3 is 6.18 Å². The van der Waals surface area contributed by atoms with E-state index in [0.29, 0.717) is 22.0 Å². The van der Waals surface area contributed by atoms with Gasteiger partial charge < -0.3 is 5.32 Å². The maximum atomic E-state index is 14.2. The van der Waals surface area contributed by atoms with Crippen LogP contribution in [0.2, 0.25) is 0 Å². The van der Waals surface area contributed by atoms with Crippen LogP contribution < -0.4 is 5.32 Å². The summed E-state index contributed by atoms with van der Waals surface area (Å²) in [5.74, 6) is -3.52. The molecule has 3 aromatic rings. The van der Waals surface area contributed by atoms with E-state index in [9.17, 15) is 39.6 Å². The molecule has 2 heterocycles. The number of aromatic nitrogens is 2. The third kappa shape index (κ3) is 5.74. The molecule has 0 saturated carbocycles. The van der Waals surface area contributed by atoms with E-state index < -0.39 is 69.4 Å². The predicted molar refractivity (Wildman–Crippen MR) is 118 cm³/mol. The Hall–Kier alpha value is -3.52. The molecule has 0 bridgehead atoms. The van der Waals surface area contributed by atoms with Crippen molar-refractivity contribution in [1.82, 2.24) is 19.6 Å². The molecule has 0 spiro atoms. The highest BCUT2D eigenvalue weighted by molar-refractivity contribution is 7.89. The van der Waals surface area contributed by atoms with Crippen LogP contribution in [0.1, 0.15) is 17.7 Å². The number of halogens is 6. The van der Waals surface area contributed by atoms with Gasteiger partial charge in [0.05, 0.1) is 28.4 Å². The summed E-state index contributed by atoms with van der Waals surface area (Å²) in [6.45, 7) is -0.869. The van der Waals surface area contributed by atoms with E-state index in [2.05, 4.69) is 15.3 Å². The zero-order chi connectivity index (χ0) is 27.0. The van der Waals surface area contributed by atoms with Crippen LogP contribution in [0.5, 0.6) is 0 Å². The fourth-order valence-corrected chi connectivity index (χ4v) is 5.45. The Morgan fingerprint density at radius 3 is 2.38 bits per heavy atom. The zero-order valence-corrected chi connectivity index (χ0v) is 19.5. The molecule has 0 aliphatic carbocycles. The highest BCUT2D eigenvalue weighted by Gasteiger charge is 2.44. The van der Waals surface area contributed by atoms with Crippen molar-refractivity contribution in [1.29, 1.82) is 0 Å². The Morgan fingerprint density at radius 2 is 1.73 bits per heavy atom. The third-order valence-electron chi connectivity index (χ3n) is 5.68. The summed E-state index contributed by atoms with van der Waals surface area (Å²) < 4.78 is 106. The lowest BCUT2D eigenvalue weighted by atomic mass is 10.1. The molecule has 4 rings (SSSR count). The number of sulfonamides is 1. The third-order valence-corrected chi connectivity index (χ3v) is 7.55. The number of benzene rings is 2. The van der Waals surface area contributed by atoms with Gasteiger partial charge in [0.15, 0.2) is 11.6 Å². The number of nitrogens with one attached hydrogen (secondary N) is 1. The van der Waals surface area contributed by atoms with E-state index in [0.717, 1.165) is 24.5 Å². The van der Waals surface area contributed by atoms with E-state index in [-0.39, 0.29) is 17.9 Å². The smallest absolute Gasteiger partial charge is 0.349 e. The summed E-state index contributed by atoms with van der Waals surface area (Å²) in [5.41, 5.74) is 0.0644. The lowest BCUT2D eigenvalue weighted by molar-refractivity contribution is -0.137. The first-order valence-electron chi connectivity index (χ1n) is 10.7. The van der Waals surface area contributed by atoms with Gasteiger partial charge in [-0.05, 0) is 36.4 Å². The lowest BCUT2D eigenvalue weighted by Gasteiger charge is -2.23. The molecule has 37 heavy (non-hydrogen) atoms. The van der Waals surface area contributed by atoms with Crippen LogP contribution in [0.4, 0.5) is 26.3 Å². The van der Waals surface area contributed by atoms with Gasteiger partial charge in [-0.2, -0.15) is 17.5 Å². The van der Waals surface area contributed by atoms with Gasteiger partial charge in [0.1, 0.15) is 18.5 Å².